The average molecular weight is 387 g/mol. The molecule has 0 fully saturated rings. The number of carbonyl (C=O) groups excluding carboxylic acids is 1. The number of nitrogens with zero attached hydrogens (tertiary/aromatic N) is 4. The van der Waals surface area contributed by atoms with E-state index < -0.39 is 0 Å². The lowest BCUT2D eigenvalue weighted by molar-refractivity contribution is 0.102. The molecule has 0 saturated heterocycles. The SMILES string of the molecule is COc1ccc(C)cc1-n1ccc(C(=O)Nc2nn(-c3ccccc3)cc2C)n1. The van der Waals surface area contributed by atoms with Gasteiger partial charge in [0.15, 0.2) is 11.5 Å². The van der Waals surface area contributed by atoms with Crippen LogP contribution in [0.2, 0.25) is 0 Å². The molecule has 0 saturated carbocycles. The second-order valence-corrected chi connectivity index (χ2v) is 6.72. The van der Waals surface area contributed by atoms with Crippen molar-refractivity contribution in [3.05, 3.63) is 83.8 Å². The molecular weight excluding hydrogens is 366 g/mol. The van der Waals surface area contributed by atoms with Gasteiger partial charge in [0, 0.05) is 18.0 Å². The molecule has 7 heteroatoms. The number of amides is 1. The molecule has 2 heterocycles. The summed E-state index contributed by atoms with van der Waals surface area (Å²) in [6, 6.07) is 17.2. The highest BCUT2D eigenvalue weighted by molar-refractivity contribution is 6.02. The van der Waals surface area contributed by atoms with Crippen LogP contribution in [0, 0.1) is 13.8 Å². The molecule has 29 heavy (non-hydrogen) atoms. The largest absolute Gasteiger partial charge is 0.494 e. The van der Waals surface area contributed by atoms with Crippen LogP contribution in [0.1, 0.15) is 21.6 Å². The van der Waals surface area contributed by atoms with Crippen molar-refractivity contribution in [2.24, 2.45) is 0 Å². The van der Waals surface area contributed by atoms with Crippen molar-refractivity contribution in [2.45, 2.75) is 13.8 Å². The van der Waals surface area contributed by atoms with E-state index >= 15 is 0 Å². The van der Waals surface area contributed by atoms with Gasteiger partial charge in [0.2, 0.25) is 0 Å². The Morgan fingerprint density at radius 1 is 1.00 bits per heavy atom. The first-order valence-corrected chi connectivity index (χ1v) is 9.19. The summed E-state index contributed by atoms with van der Waals surface area (Å²) in [5, 5.41) is 11.7. The van der Waals surface area contributed by atoms with Crippen LogP contribution in [0.3, 0.4) is 0 Å². The zero-order chi connectivity index (χ0) is 20.4. The summed E-state index contributed by atoms with van der Waals surface area (Å²) in [5.41, 5.74) is 3.93. The molecule has 146 valence electrons. The Labute approximate surface area is 168 Å². The summed E-state index contributed by atoms with van der Waals surface area (Å²) in [4.78, 5) is 12.7. The standard InChI is InChI=1S/C22H21N5O2/c1-15-9-10-20(29-3)19(13-15)26-12-11-18(24-26)22(28)23-21-16(2)14-27(25-21)17-7-5-4-6-8-17/h4-14H,1-3H3,(H,23,25,28). The molecule has 1 N–H and O–H groups in total. The van der Waals surface area contributed by atoms with Crippen LogP contribution in [0.25, 0.3) is 11.4 Å². The zero-order valence-electron chi connectivity index (χ0n) is 16.5. The third-order valence-corrected chi connectivity index (χ3v) is 4.55. The van der Waals surface area contributed by atoms with Crippen molar-refractivity contribution in [2.75, 3.05) is 12.4 Å². The number of carbonyl (C=O) groups is 1. The molecule has 0 aliphatic heterocycles. The predicted octanol–water partition coefficient (Wildman–Crippen LogP) is 3.94. The fraction of sp³-hybridized carbons (Fsp3) is 0.136. The van der Waals surface area contributed by atoms with E-state index in [0.29, 0.717) is 17.3 Å². The second kappa shape index (κ2) is 7.63. The molecule has 2 aromatic carbocycles. The molecule has 0 unspecified atom stereocenters. The van der Waals surface area contributed by atoms with E-state index in [-0.39, 0.29) is 5.91 Å². The van der Waals surface area contributed by atoms with Gasteiger partial charge in [-0.25, -0.2) is 9.36 Å². The van der Waals surface area contributed by atoms with Crippen LogP contribution in [-0.4, -0.2) is 32.6 Å². The van der Waals surface area contributed by atoms with Gasteiger partial charge >= 0.3 is 0 Å². The number of hydrogen-bond donors (Lipinski definition) is 1. The summed E-state index contributed by atoms with van der Waals surface area (Å²) in [7, 11) is 1.61. The van der Waals surface area contributed by atoms with E-state index in [1.807, 2.05) is 68.6 Å². The van der Waals surface area contributed by atoms with Crippen LogP contribution in [0.15, 0.2) is 67.0 Å². The van der Waals surface area contributed by atoms with Crippen LogP contribution in [0.4, 0.5) is 5.82 Å². The minimum absolute atomic E-state index is 0.294. The number of benzene rings is 2. The fourth-order valence-corrected chi connectivity index (χ4v) is 3.03. The zero-order valence-corrected chi connectivity index (χ0v) is 16.5. The van der Waals surface area contributed by atoms with E-state index in [4.69, 9.17) is 4.74 Å². The monoisotopic (exact) mass is 387 g/mol. The molecule has 4 aromatic rings. The van der Waals surface area contributed by atoms with Gasteiger partial charge in [-0.3, -0.25) is 4.79 Å². The number of methoxy groups -OCH3 is 1. The Kier molecular flexibility index (Phi) is 4.87. The maximum Gasteiger partial charge on any atom is 0.277 e. The lowest BCUT2D eigenvalue weighted by Crippen LogP contribution is -2.14. The summed E-state index contributed by atoms with van der Waals surface area (Å²) >= 11 is 0. The maximum atomic E-state index is 12.7. The molecule has 4 rings (SSSR count). The number of rotatable bonds is 5. The Morgan fingerprint density at radius 2 is 1.79 bits per heavy atom. The van der Waals surface area contributed by atoms with Crippen LogP contribution < -0.4 is 10.1 Å². The van der Waals surface area contributed by atoms with Crippen LogP contribution >= 0.6 is 0 Å². The quantitative estimate of drug-likeness (QED) is 0.563. The van der Waals surface area contributed by atoms with Gasteiger partial charge in [-0.1, -0.05) is 24.3 Å². The third kappa shape index (κ3) is 3.75. The van der Waals surface area contributed by atoms with Crippen molar-refractivity contribution in [1.82, 2.24) is 19.6 Å². The number of para-hydroxylation sites is 1. The highest BCUT2D eigenvalue weighted by atomic mass is 16.5. The van der Waals surface area contributed by atoms with Crippen molar-refractivity contribution < 1.29 is 9.53 Å². The first kappa shape index (κ1) is 18.5. The highest BCUT2D eigenvalue weighted by Crippen LogP contribution is 2.24. The van der Waals surface area contributed by atoms with E-state index in [1.54, 1.807) is 28.7 Å². The fourth-order valence-electron chi connectivity index (χ4n) is 3.03. The van der Waals surface area contributed by atoms with Gasteiger partial charge < -0.3 is 10.1 Å². The number of aromatic nitrogens is 4. The maximum absolute atomic E-state index is 12.7. The lowest BCUT2D eigenvalue weighted by atomic mass is 10.2. The molecule has 0 spiro atoms. The van der Waals surface area contributed by atoms with Crippen molar-refractivity contribution in [1.29, 1.82) is 0 Å². The minimum Gasteiger partial charge on any atom is -0.494 e. The van der Waals surface area contributed by atoms with E-state index in [2.05, 4.69) is 15.5 Å². The summed E-state index contributed by atoms with van der Waals surface area (Å²) < 4.78 is 8.78. The van der Waals surface area contributed by atoms with Gasteiger partial charge in [-0.05, 0) is 49.7 Å². The topological polar surface area (TPSA) is 74.0 Å². The first-order chi connectivity index (χ1) is 14.0. The van der Waals surface area contributed by atoms with E-state index in [9.17, 15) is 4.79 Å². The van der Waals surface area contributed by atoms with E-state index in [1.165, 1.54) is 0 Å². The molecule has 2 aromatic heterocycles. The number of anilines is 1. The second-order valence-electron chi connectivity index (χ2n) is 6.72. The normalized spacial score (nSPS) is 10.7. The van der Waals surface area contributed by atoms with Gasteiger partial charge in [-0.15, -0.1) is 5.10 Å². The Bertz CT molecular complexity index is 1160. The predicted molar refractivity (Wildman–Crippen MR) is 111 cm³/mol. The Hall–Kier alpha value is -3.87. The number of ether oxygens (including phenoxy) is 1. The first-order valence-electron chi connectivity index (χ1n) is 9.19. The lowest BCUT2D eigenvalue weighted by Gasteiger charge is -2.09. The van der Waals surface area contributed by atoms with Crippen LogP contribution in [0.5, 0.6) is 5.75 Å². The smallest absolute Gasteiger partial charge is 0.277 e. The molecule has 0 radical (unpaired) electrons. The highest BCUT2D eigenvalue weighted by Gasteiger charge is 2.16. The summed E-state index contributed by atoms with van der Waals surface area (Å²) in [6.07, 6.45) is 3.61. The Balaban J connectivity index is 1.57. The van der Waals surface area contributed by atoms with Crippen molar-refractivity contribution >= 4 is 11.7 Å². The van der Waals surface area contributed by atoms with Gasteiger partial charge in [0.05, 0.1) is 12.8 Å². The van der Waals surface area contributed by atoms with Crippen molar-refractivity contribution in [3.63, 3.8) is 0 Å². The summed E-state index contributed by atoms with van der Waals surface area (Å²) in [5.74, 6) is 0.862. The minimum atomic E-state index is -0.322. The number of aryl methyl sites for hydroxylation is 2. The molecule has 7 nitrogen and oxygen atoms in total. The molecule has 0 aliphatic carbocycles. The molecule has 0 aliphatic rings. The van der Waals surface area contributed by atoms with Gasteiger partial charge in [0.25, 0.3) is 5.91 Å². The molecule has 0 atom stereocenters. The van der Waals surface area contributed by atoms with Gasteiger partial charge in [-0.2, -0.15) is 5.10 Å². The molecular formula is C22H21N5O2. The average Bonchev–Trinajstić information content (AvgIpc) is 3.36. The molecule has 1 amide bonds. The summed E-state index contributed by atoms with van der Waals surface area (Å²) in [6.45, 7) is 3.89. The Morgan fingerprint density at radius 3 is 2.55 bits per heavy atom. The van der Waals surface area contributed by atoms with Crippen molar-refractivity contribution in [3.8, 4) is 17.1 Å². The molecule has 0 bridgehead atoms. The van der Waals surface area contributed by atoms with E-state index in [0.717, 1.165) is 22.5 Å². The number of nitrogens with one attached hydrogen (secondary N) is 1. The third-order valence-electron chi connectivity index (χ3n) is 4.55. The van der Waals surface area contributed by atoms with Crippen LogP contribution in [-0.2, 0) is 0 Å². The van der Waals surface area contributed by atoms with Gasteiger partial charge in [0.1, 0.15) is 11.4 Å². The number of hydrogen-bond acceptors (Lipinski definition) is 4.